The molecule has 1 fully saturated rings. The molecule has 2 heterocycles. The first-order valence-electron chi connectivity index (χ1n) is 5.76. The molecule has 0 aliphatic carbocycles. The van der Waals surface area contributed by atoms with Crippen LogP contribution in [-0.4, -0.2) is 39.9 Å². The highest BCUT2D eigenvalue weighted by molar-refractivity contribution is 5.58. The van der Waals surface area contributed by atoms with Crippen LogP contribution in [0.2, 0.25) is 0 Å². The molecule has 2 rings (SSSR count). The van der Waals surface area contributed by atoms with Gasteiger partial charge in [-0.1, -0.05) is 5.10 Å². The van der Waals surface area contributed by atoms with Gasteiger partial charge in [-0.25, -0.2) is 0 Å². The van der Waals surface area contributed by atoms with Gasteiger partial charge in [0.2, 0.25) is 0 Å². The van der Waals surface area contributed by atoms with Crippen molar-refractivity contribution in [1.29, 1.82) is 0 Å². The number of nitro groups is 1. The Morgan fingerprint density at radius 2 is 2.53 bits per heavy atom. The molecule has 1 saturated heterocycles. The highest BCUT2D eigenvalue weighted by Crippen LogP contribution is 2.30. The van der Waals surface area contributed by atoms with Gasteiger partial charge in [0.15, 0.2) is 5.69 Å². The number of aliphatic hydroxyl groups is 1. The standard InChI is InChI=1S/C10H16N4O3/c15-5-3-8-2-1-4-13(7-8)9-6-11-12-10(9)14(16)17/h6,8,15H,1-5,7H2,(H,11,12). The number of hydrogen-bond acceptors (Lipinski definition) is 5. The van der Waals surface area contributed by atoms with E-state index in [9.17, 15) is 10.1 Å². The van der Waals surface area contributed by atoms with Crippen molar-refractivity contribution in [2.75, 3.05) is 24.6 Å². The Balaban J connectivity index is 2.10. The van der Waals surface area contributed by atoms with E-state index in [0.29, 0.717) is 11.6 Å². The molecule has 0 saturated carbocycles. The first-order chi connectivity index (χ1) is 8.22. The van der Waals surface area contributed by atoms with E-state index in [1.54, 1.807) is 0 Å². The lowest BCUT2D eigenvalue weighted by Crippen LogP contribution is -2.35. The Bertz CT molecular complexity index is 391. The SMILES string of the molecule is O=[N+]([O-])c1[nH]ncc1N1CCCC(CCO)C1. The summed E-state index contributed by atoms with van der Waals surface area (Å²) in [7, 11) is 0. The average molecular weight is 240 g/mol. The van der Waals surface area contributed by atoms with Crippen LogP contribution in [-0.2, 0) is 0 Å². The molecule has 1 aliphatic rings. The highest BCUT2D eigenvalue weighted by Gasteiger charge is 2.26. The summed E-state index contributed by atoms with van der Waals surface area (Å²) in [5.41, 5.74) is 0.553. The van der Waals surface area contributed by atoms with Gasteiger partial charge in [0.25, 0.3) is 0 Å². The van der Waals surface area contributed by atoms with E-state index < -0.39 is 4.92 Å². The van der Waals surface area contributed by atoms with E-state index in [0.717, 1.165) is 32.4 Å². The molecular weight excluding hydrogens is 224 g/mol. The zero-order valence-corrected chi connectivity index (χ0v) is 9.50. The number of rotatable bonds is 4. The summed E-state index contributed by atoms with van der Waals surface area (Å²) in [4.78, 5) is 12.3. The van der Waals surface area contributed by atoms with Crippen LogP contribution in [0.3, 0.4) is 0 Å². The van der Waals surface area contributed by atoms with Crippen LogP contribution in [0.1, 0.15) is 19.3 Å². The monoisotopic (exact) mass is 240 g/mol. The molecule has 1 aromatic heterocycles. The quantitative estimate of drug-likeness (QED) is 0.602. The maximum absolute atomic E-state index is 10.8. The van der Waals surface area contributed by atoms with E-state index in [-0.39, 0.29) is 12.4 Å². The summed E-state index contributed by atoms with van der Waals surface area (Å²) >= 11 is 0. The third-order valence-corrected chi connectivity index (χ3v) is 3.18. The lowest BCUT2D eigenvalue weighted by atomic mass is 9.95. The van der Waals surface area contributed by atoms with Crippen molar-refractivity contribution in [2.24, 2.45) is 5.92 Å². The number of aromatic nitrogens is 2. The number of hydrogen-bond donors (Lipinski definition) is 2. The first-order valence-corrected chi connectivity index (χ1v) is 5.76. The maximum Gasteiger partial charge on any atom is 0.366 e. The van der Waals surface area contributed by atoms with Crippen LogP contribution < -0.4 is 4.90 Å². The normalized spacial score (nSPS) is 20.5. The van der Waals surface area contributed by atoms with Crippen molar-refractivity contribution < 1.29 is 10.0 Å². The van der Waals surface area contributed by atoms with Crippen molar-refractivity contribution in [1.82, 2.24) is 10.2 Å². The Labute approximate surface area is 98.6 Å². The summed E-state index contributed by atoms with van der Waals surface area (Å²) in [6.07, 6.45) is 4.32. The van der Waals surface area contributed by atoms with Crippen LogP contribution in [0.25, 0.3) is 0 Å². The van der Waals surface area contributed by atoms with Gasteiger partial charge in [-0.2, -0.15) is 0 Å². The largest absolute Gasteiger partial charge is 0.396 e. The van der Waals surface area contributed by atoms with Crippen molar-refractivity contribution >= 4 is 11.5 Å². The molecule has 0 spiro atoms. The zero-order chi connectivity index (χ0) is 12.3. The molecule has 7 heteroatoms. The smallest absolute Gasteiger partial charge is 0.366 e. The van der Waals surface area contributed by atoms with Gasteiger partial charge in [-0.05, 0) is 30.1 Å². The molecule has 0 amide bonds. The fourth-order valence-corrected chi connectivity index (χ4v) is 2.34. The van der Waals surface area contributed by atoms with Gasteiger partial charge in [0.1, 0.15) is 6.20 Å². The number of aromatic amines is 1. The fourth-order valence-electron chi connectivity index (χ4n) is 2.34. The second kappa shape index (κ2) is 5.13. The van der Waals surface area contributed by atoms with E-state index in [4.69, 9.17) is 5.11 Å². The average Bonchev–Trinajstić information content (AvgIpc) is 2.79. The van der Waals surface area contributed by atoms with E-state index in [1.807, 2.05) is 4.90 Å². The van der Waals surface area contributed by atoms with Gasteiger partial charge in [0.05, 0.1) is 0 Å². The van der Waals surface area contributed by atoms with Crippen molar-refractivity contribution in [3.63, 3.8) is 0 Å². The highest BCUT2D eigenvalue weighted by atomic mass is 16.6. The summed E-state index contributed by atoms with van der Waals surface area (Å²) in [5, 5.41) is 25.9. The molecule has 0 radical (unpaired) electrons. The van der Waals surface area contributed by atoms with Crippen LogP contribution in [0, 0.1) is 16.0 Å². The molecule has 1 atom stereocenters. The summed E-state index contributed by atoms with van der Waals surface area (Å²) in [6, 6.07) is 0. The third kappa shape index (κ3) is 2.55. The van der Waals surface area contributed by atoms with Crippen LogP contribution in [0.4, 0.5) is 11.5 Å². The Kier molecular flexibility index (Phi) is 3.58. The molecule has 17 heavy (non-hydrogen) atoms. The molecule has 1 aromatic rings. The summed E-state index contributed by atoms with van der Waals surface area (Å²) in [6.45, 7) is 1.73. The predicted octanol–water partition coefficient (Wildman–Crippen LogP) is 0.917. The molecule has 1 aliphatic heterocycles. The van der Waals surface area contributed by atoms with Gasteiger partial charge >= 0.3 is 5.82 Å². The number of anilines is 1. The van der Waals surface area contributed by atoms with Crippen molar-refractivity contribution in [3.8, 4) is 0 Å². The molecule has 0 bridgehead atoms. The number of piperidine rings is 1. The Morgan fingerprint density at radius 1 is 1.71 bits per heavy atom. The molecule has 7 nitrogen and oxygen atoms in total. The third-order valence-electron chi connectivity index (χ3n) is 3.18. The lowest BCUT2D eigenvalue weighted by molar-refractivity contribution is -0.388. The molecule has 0 aromatic carbocycles. The summed E-state index contributed by atoms with van der Waals surface area (Å²) < 4.78 is 0. The van der Waals surface area contributed by atoms with Crippen molar-refractivity contribution in [3.05, 3.63) is 16.3 Å². The second-order valence-corrected chi connectivity index (χ2v) is 4.33. The topological polar surface area (TPSA) is 95.3 Å². The lowest BCUT2D eigenvalue weighted by Gasteiger charge is -2.32. The minimum Gasteiger partial charge on any atom is -0.396 e. The first kappa shape index (κ1) is 11.8. The van der Waals surface area contributed by atoms with Crippen molar-refractivity contribution in [2.45, 2.75) is 19.3 Å². The predicted molar refractivity (Wildman–Crippen MR) is 61.9 cm³/mol. The Hall–Kier alpha value is -1.63. The fraction of sp³-hybridized carbons (Fsp3) is 0.700. The van der Waals surface area contributed by atoms with Gasteiger partial charge in [0, 0.05) is 19.7 Å². The molecular formula is C10H16N4O3. The van der Waals surface area contributed by atoms with E-state index in [1.165, 1.54) is 6.20 Å². The Morgan fingerprint density at radius 3 is 3.24 bits per heavy atom. The second-order valence-electron chi connectivity index (χ2n) is 4.33. The maximum atomic E-state index is 10.8. The minimum atomic E-state index is -0.446. The molecule has 1 unspecified atom stereocenters. The van der Waals surface area contributed by atoms with Gasteiger partial charge in [-0.3, -0.25) is 0 Å². The molecule has 2 N–H and O–H groups in total. The van der Waals surface area contributed by atoms with E-state index >= 15 is 0 Å². The summed E-state index contributed by atoms with van der Waals surface area (Å²) in [5.74, 6) is 0.359. The number of nitrogens with one attached hydrogen (secondary N) is 1. The number of H-pyrrole nitrogens is 1. The zero-order valence-electron chi connectivity index (χ0n) is 9.50. The molecule has 94 valence electrons. The van der Waals surface area contributed by atoms with Crippen LogP contribution in [0.15, 0.2) is 6.20 Å². The van der Waals surface area contributed by atoms with Crippen LogP contribution >= 0.6 is 0 Å². The minimum absolute atomic E-state index is 0.0466. The number of aliphatic hydroxyl groups excluding tert-OH is 1. The van der Waals surface area contributed by atoms with Gasteiger partial charge in [-0.15, -0.1) is 5.10 Å². The van der Waals surface area contributed by atoms with Gasteiger partial charge < -0.3 is 20.1 Å². The van der Waals surface area contributed by atoms with E-state index in [2.05, 4.69) is 10.2 Å². The van der Waals surface area contributed by atoms with Crippen LogP contribution in [0.5, 0.6) is 0 Å². The number of nitrogens with zero attached hydrogens (tertiary/aromatic N) is 3.